The number of nitrogens with zero attached hydrogens (tertiary/aromatic N) is 2. The van der Waals surface area contributed by atoms with E-state index in [0.717, 1.165) is 12.1 Å². The van der Waals surface area contributed by atoms with Gasteiger partial charge in [-0.1, -0.05) is 48.5 Å². The van der Waals surface area contributed by atoms with Gasteiger partial charge in [-0.15, -0.1) is 0 Å². The van der Waals surface area contributed by atoms with Gasteiger partial charge in [-0.25, -0.2) is 0 Å². The minimum Gasteiger partial charge on any atom is -0.496 e. The van der Waals surface area contributed by atoms with E-state index in [9.17, 15) is 26.3 Å². The minimum atomic E-state index is -4.93. The molecule has 3 aromatic carbocycles. The maximum atomic E-state index is 13.6. The molecular weight excluding hydrogens is 518 g/mol. The van der Waals surface area contributed by atoms with E-state index >= 15 is 0 Å². The van der Waals surface area contributed by atoms with E-state index in [2.05, 4.69) is 30.9 Å². The molecule has 3 nitrogen and oxygen atoms in total. The summed E-state index contributed by atoms with van der Waals surface area (Å²) >= 11 is 0. The quantitative estimate of drug-likeness (QED) is 0.286. The summed E-state index contributed by atoms with van der Waals surface area (Å²) in [5, 5.41) is 0. The fourth-order valence-corrected chi connectivity index (χ4v) is 5.35. The molecule has 2 atom stereocenters. The van der Waals surface area contributed by atoms with Crippen molar-refractivity contribution in [2.24, 2.45) is 0 Å². The summed E-state index contributed by atoms with van der Waals surface area (Å²) in [5.74, 6) is 0.468. The Balaban J connectivity index is 1.70. The highest BCUT2D eigenvalue weighted by molar-refractivity contribution is 5.43. The number of benzene rings is 3. The first kappa shape index (κ1) is 29.0. The van der Waals surface area contributed by atoms with Crippen molar-refractivity contribution in [2.75, 3.05) is 33.3 Å². The highest BCUT2D eigenvalue weighted by Crippen LogP contribution is 2.41. The Labute approximate surface area is 225 Å². The summed E-state index contributed by atoms with van der Waals surface area (Å²) in [6, 6.07) is 18.9. The Bertz CT molecular complexity index is 1220. The molecule has 4 rings (SSSR count). The first-order valence-corrected chi connectivity index (χ1v) is 12.6. The number of rotatable bonds is 7. The zero-order valence-electron chi connectivity index (χ0n) is 21.8. The molecule has 0 aliphatic carbocycles. The monoisotopic (exact) mass is 549 g/mol. The standard InChI is InChI=1S/C30H31F6N2O/c1-21(23-9-5-4-6-10-23)37-13-15-38(16-14-37)28(2,26-11-7-8-12-27(26)39-3)20-22-17-24(29(31,32)33)19-25(18-22)30(34,35)36/h4-12,17-19,21H,2,13-16,20H2,1,3H3. The number of halogens is 6. The number of ether oxygens (including phenoxy) is 1. The van der Waals surface area contributed by atoms with Crippen molar-refractivity contribution in [2.45, 2.75) is 37.3 Å². The van der Waals surface area contributed by atoms with E-state index in [1.807, 2.05) is 23.1 Å². The molecular formula is C30H31F6N2O. The number of methoxy groups -OCH3 is 1. The van der Waals surface area contributed by atoms with Gasteiger partial charge in [-0.2, -0.15) is 26.3 Å². The predicted molar refractivity (Wildman–Crippen MR) is 138 cm³/mol. The second kappa shape index (κ2) is 11.2. The van der Waals surface area contributed by atoms with Crippen molar-refractivity contribution in [1.29, 1.82) is 0 Å². The first-order chi connectivity index (χ1) is 18.3. The van der Waals surface area contributed by atoms with Gasteiger partial charge in [-0.3, -0.25) is 9.80 Å². The second-order valence-electron chi connectivity index (χ2n) is 9.93. The van der Waals surface area contributed by atoms with Crippen LogP contribution >= 0.6 is 0 Å². The summed E-state index contributed by atoms with van der Waals surface area (Å²) in [7, 11) is 1.48. The number of para-hydroxylation sites is 1. The van der Waals surface area contributed by atoms with Crippen LogP contribution < -0.4 is 4.74 Å². The molecule has 1 aliphatic rings. The average Bonchev–Trinajstić information content (AvgIpc) is 2.92. The minimum absolute atomic E-state index is 0.0989. The third kappa shape index (κ3) is 6.41. The number of hydrogen-bond donors (Lipinski definition) is 0. The third-order valence-electron chi connectivity index (χ3n) is 7.50. The molecule has 0 N–H and O–H groups in total. The molecule has 1 fully saturated rings. The summed E-state index contributed by atoms with van der Waals surface area (Å²) < 4.78 is 87.2. The lowest BCUT2D eigenvalue weighted by Gasteiger charge is -2.48. The highest BCUT2D eigenvalue weighted by atomic mass is 19.4. The van der Waals surface area contributed by atoms with Gasteiger partial charge >= 0.3 is 12.4 Å². The maximum Gasteiger partial charge on any atom is 0.416 e. The molecule has 1 aliphatic heterocycles. The normalized spacial score (nSPS) is 18.0. The van der Waals surface area contributed by atoms with Gasteiger partial charge in [0.2, 0.25) is 0 Å². The lowest BCUT2D eigenvalue weighted by atomic mass is 9.82. The molecule has 0 saturated carbocycles. The van der Waals surface area contributed by atoms with E-state index in [1.165, 1.54) is 12.7 Å². The van der Waals surface area contributed by atoms with Crippen LogP contribution in [0, 0.1) is 6.92 Å². The molecule has 3 aromatic rings. The molecule has 39 heavy (non-hydrogen) atoms. The summed E-state index contributed by atoms with van der Waals surface area (Å²) in [4.78, 5) is 4.34. The van der Waals surface area contributed by atoms with Gasteiger partial charge in [0.1, 0.15) is 5.75 Å². The molecule has 209 valence electrons. The van der Waals surface area contributed by atoms with Crippen LogP contribution in [0.2, 0.25) is 0 Å². The number of piperazine rings is 1. The van der Waals surface area contributed by atoms with Crippen molar-refractivity contribution in [1.82, 2.24) is 9.80 Å². The van der Waals surface area contributed by atoms with Crippen LogP contribution in [0.15, 0.2) is 72.8 Å². The fourth-order valence-electron chi connectivity index (χ4n) is 5.35. The van der Waals surface area contributed by atoms with E-state index in [-0.39, 0.29) is 24.1 Å². The Morgan fingerprint density at radius 2 is 1.33 bits per heavy atom. The summed E-state index contributed by atoms with van der Waals surface area (Å²) in [6.45, 7) is 8.90. The van der Waals surface area contributed by atoms with E-state index in [4.69, 9.17) is 4.74 Å². The lowest BCUT2D eigenvalue weighted by molar-refractivity contribution is -0.143. The van der Waals surface area contributed by atoms with Crippen LogP contribution in [0.25, 0.3) is 0 Å². The van der Waals surface area contributed by atoms with Crippen LogP contribution in [-0.2, 0) is 24.3 Å². The van der Waals surface area contributed by atoms with E-state index < -0.39 is 29.0 Å². The number of hydrogen-bond acceptors (Lipinski definition) is 3. The van der Waals surface area contributed by atoms with Gasteiger partial charge in [0, 0.05) is 37.8 Å². The average molecular weight is 550 g/mol. The fraction of sp³-hybridized carbons (Fsp3) is 0.367. The molecule has 9 heteroatoms. The Morgan fingerprint density at radius 1 is 0.795 bits per heavy atom. The molecule has 2 unspecified atom stereocenters. The molecule has 1 radical (unpaired) electrons. The van der Waals surface area contributed by atoms with Crippen LogP contribution in [0.5, 0.6) is 5.75 Å². The lowest BCUT2D eigenvalue weighted by Crippen LogP contribution is -2.55. The van der Waals surface area contributed by atoms with Crippen molar-refractivity contribution in [3.8, 4) is 5.75 Å². The molecule has 0 amide bonds. The van der Waals surface area contributed by atoms with Gasteiger partial charge in [-0.05, 0) is 55.7 Å². The van der Waals surface area contributed by atoms with Crippen molar-refractivity contribution in [3.05, 3.63) is 108 Å². The smallest absolute Gasteiger partial charge is 0.416 e. The number of alkyl halides is 6. The SMILES string of the molecule is [CH2]C(Cc1cc(C(F)(F)F)cc(C(F)(F)F)c1)(c1ccccc1OC)N1CCN(C(C)c2ccccc2)CC1. The first-order valence-electron chi connectivity index (χ1n) is 12.6. The van der Waals surface area contributed by atoms with Crippen LogP contribution in [0.4, 0.5) is 26.3 Å². The zero-order chi connectivity index (χ0) is 28.4. The maximum absolute atomic E-state index is 13.6. The molecule has 1 saturated heterocycles. The molecule has 0 aromatic heterocycles. The van der Waals surface area contributed by atoms with Crippen molar-refractivity contribution >= 4 is 0 Å². The van der Waals surface area contributed by atoms with Crippen LogP contribution in [0.3, 0.4) is 0 Å². The predicted octanol–water partition coefficient (Wildman–Crippen LogP) is 7.38. The van der Waals surface area contributed by atoms with Crippen LogP contribution in [0.1, 0.15) is 40.8 Å². The molecule has 0 spiro atoms. The molecule has 0 bridgehead atoms. The van der Waals surface area contributed by atoms with Gasteiger partial charge in [0.15, 0.2) is 0 Å². The van der Waals surface area contributed by atoms with Gasteiger partial charge in [0.05, 0.1) is 23.8 Å². The summed E-state index contributed by atoms with van der Waals surface area (Å²) in [6.07, 6.45) is -10.0. The topological polar surface area (TPSA) is 15.7 Å². The highest BCUT2D eigenvalue weighted by Gasteiger charge is 2.41. The Hall–Kier alpha value is -3.04. The Kier molecular flexibility index (Phi) is 8.33. The van der Waals surface area contributed by atoms with Gasteiger partial charge in [0.25, 0.3) is 0 Å². The second-order valence-corrected chi connectivity index (χ2v) is 9.93. The van der Waals surface area contributed by atoms with Crippen LogP contribution in [-0.4, -0.2) is 43.1 Å². The summed E-state index contributed by atoms with van der Waals surface area (Å²) in [5.41, 5.74) is -2.18. The third-order valence-corrected chi connectivity index (χ3v) is 7.50. The van der Waals surface area contributed by atoms with Gasteiger partial charge < -0.3 is 4.74 Å². The largest absolute Gasteiger partial charge is 0.496 e. The van der Waals surface area contributed by atoms with Crippen molar-refractivity contribution in [3.63, 3.8) is 0 Å². The Morgan fingerprint density at radius 3 is 1.87 bits per heavy atom. The van der Waals surface area contributed by atoms with Crippen molar-refractivity contribution < 1.29 is 31.1 Å². The van der Waals surface area contributed by atoms with E-state index in [0.29, 0.717) is 37.5 Å². The molecule has 1 heterocycles. The zero-order valence-corrected chi connectivity index (χ0v) is 21.8. The van der Waals surface area contributed by atoms with E-state index in [1.54, 1.807) is 24.3 Å².